The molecule has 1 rings (SSSR count). The molecule has 0 aromatic heterocycles. The van der Waals surface area contributed by atoms with Crippen LogP contribution in [0.1, 0.15) is 11.1 Å². The molecule has 0 aliphatic heterocycles. The SMILES string of the molecule is COCCOCCOCCOCCOc1cccc(C#N)c1C#N. The average molecular weight is 334 g/mol. The molecule has 0 bridgehead atoms. The van der Waals surface area contributed by atoms with Crippen LogP contribution in [-0.4, -0.2) is 60.0 Å². The van der Waals surface area contributed by atoms with E-state index in [2.05, 4.69) is 0 Å². The molecule has 7 nitrogen and oxygen atoms in total. The summed E-state index contributed by atoms with van der Waals surface area (Å²) < 4.78 is 26.3. The van der Waals surface area contributed by atoms with E-state index in [0.29, 0.717) is 64.2 Å². The molecule has 130 valence electrons. The fourth-order valence-corrected chi connectivity index (χ4v) is 1.75. The molecule has 0 N–H and O–H groups in total. The second-order valence-electron chi connectivity index (χ2n) is 4.58. The Kier molecular flexibility index (Phi) is 11.0. The van der Waals surface area contributed by atoms with Crippen molar-refractivity contribution in [1.82, 2.24) is 0 Å². The summed E-state index contributed by atoms with van der Waals surface area (Å²) in [4.78, 5) is 0. The van der Waals surface area contributed by atoms with E-state index >= 15 is 0 Å². The van der Waals surface area contributed by atoms with E-state index in [9.17, 15) is 0 Å². The quantitative estimate of drug-likeness (QED) is 0.505. The van der Waals surface area contributed by atoms with Crippen molar-refractivity contribution in [2.24, 2.45) is 0 Å². The summed E-state index contributed by atoms with van der Waals surface area (Å²) in [5, 5.41) is 18.0. The molecule has 0 fully saturated rings. The lowest BCUT2D eigenvalue weighted by Crippen LogP contribution is -2.13. The van der Waals surface area contributed by atoms with Crippen LogP contribution in [-0.2, 0) is 18.9 Å². The molecule has 0 atom stereocenters. The van der Waals surface area contributed by atoms with Crippen LogP contribution in [0.2, 0.25) is 0 Å². The van der Waals surface area contributed by atoms with Crippen LogP contribution in [0.4, 0.5) is 0 Å². The molecule has 0 heterocycles. The molecule has 0 aliphatic rings. The normalized spacial score (nSPS) is 10.1. The Hall–Kier alpha value is -2.16. The number of hydrogen-bond donors (Lipinski definition) is 0. The Morgan fingerprint density at radius 3 is 1.92 bits per heavy atom. The van der Waals surface area contributed by atoms with Gasteiger partial charge in [-0.25, -0.2) is 0 Å². The largest absolute Gasteiger partial charge is 0.490 e. The highest BCUT2D eigenvalue weighted by Gasteiger charge is 2.08. The van der Waals surface area contributed by atoms with Crippen molar-refractivity contribution in [3.8, 4) is 17.9 Å². The molecule has 0 saturated carbocycles. The van der Waals surface area contributed by atoms with Crippen LogP contribution in [0, 0.1) is 22.7 Å². The van der Waals surface area contributed by atoms with Crippen LogP contribution in [0.15, 0.2) is 18.2 Å². The van der Waals surface area contributed by atoms with E-state index in [-0.39, 0.29) is 5.56 Å². The first kappa shape index (κ1) is 19.9. The molecule has 0 radical (unpaired) electrons. The molecule has 0 aliphatic carbocycles. The number of rotatable bonds is 13. The van der Waals surface area contributed by atoms with Gasteiger partial charge in [-0.1, -0.05) is 6.07 Å². The van der Waals surface area contributed by atoms with Gasteiger partial charge in [-0.05, 0) is 12.1 Å². The maximum absolute atomic E-state index is 9.08. The first-order chi connectivity index (χ1) is 11.8. The first-order valence-corrected chi connectivity index (χ1v) is 7.61. The minimum Gasteiger partial charge on any atom is -0.490 e. The number of benzene rings is 1. The van der Waals surface area contributed by atoms with Gasteiger partial charge in [0.1, 0.15) is 30.1 Å². The number of hydrogen-bond acceptors (Lipinski definition) is 7. The van der Waals surface area contributed by atoms with Crippen molar-refractivity contribution < 1.29 is 23.7 Å². The number of nitrogens with zero attached hydrogens (tertiary/aromatic N) is 2. The Bertz CT molecular complexity index is 551. The zero-order valence-electron chi connectivity index (χ0n) is 13.8. The van der Waals surface area contributed by atoms with E-state index < -0.39 is 0 Å². The molecule has 0 amide bonds. The zero-order valence-corrected chi connectivity index (χ0v) is 13.8. The Morgan fingerprint density at radius 1 is 0.792 bits per heavy atom. The minimum atomic E-state index is 0.247. The van der Waals surface area contributed by atoms with Gasteiger partial charge in [0.15, 0.2) is 0 Å². The third-order valence-corrected chi connectivity index (χ3v) is 2.92. The van der Waals surface area contributed by atoms with Gasteiger partial charge >= 0.3 is 0 Å². The summed E-state index contributed by atoms with van der Waals surface area (Å²) >= 11 is 0. The van der Waals surface area contributed by atoms with Crippen LogP contribution >= 0.6 is 0 Å². The van der Waals surface area contributed by atoms with E-state index in [1.807, 2.05) is 12.1 Å². The number of ether oxygens (including phenoxy) is 5. The van der Waals surface area contributed by atoms with Crippen molar-refractivity contribution in [1.29, 1.82) is 10.5 Å². The van der Waals surface area contributed by atoms with Crippen LogP contribution in [0.5, 0.6) is 5.75 Å². The fourth-order valence-electron chi connectivity index (χ4n) is 1.75. The van der Waals surface area contributed by atoms with Gasteiger partial charge < -0.3 is 23.7 Å². The topological polar surface area (TPSA) is 93.7 Å². The zero-order chi connectivity index (χ0) is 17.5. The van der Waals surface area contributed by atoms with E-state index in [4.69, 9.17) is 34.2 Å². The van der Waals surface area contributed by atoms with Crippen molar-refractivity contribution in [2.75, 3.05) is 60.0 Å². The summed E-state index contributed by atoms with van der Waals surface area (Å²) in [7, 11) is 1.63. The highest BCUT2D eigenvalue weighted by atomic mass is 16.6. The number of methoxy groups -OCH3 is 1. The van der Waals surface area contributed by atoms with E-state index in [1.54, 1.807) is 25.3 Å². The average Bonchev–Trinajstić information content (AvgIpc) is 2.62. The molecular formula is C17H22N2O5. The van der Waals surface area contributed by atoms with Crippen LogP contribution < -0.4 is 4.74 Å². The molecule has 1 aromatic carbocycles. The Balaban J connectivity index is 2.05. The second kappa shape index (κ2) is 13.3. The van der Waals surface area contributed by atoms with Gasteiger partial charge in [-0.3, -0.25) is 0 Å². The molecule has 1 aromatic rings. The van der Waals surface area contributed by atoms with Gasteiger partial charge in [0.2, 0.25) is 0 Å². The predicted octanol–water partition coefficient (Wildman–Crippen LogP) is 1.50. The molecule has 7 heteroatoms. The van der Waals surface area contributed by atoms with E-state index in [1.165, 1.54) is 0 Å². The Labute approximate surface area is 142 Å². The highest BCUT2D eigenvalue weighted by Crippen LogP contribution is 2.20. The maximum atomic E-state index is 9.08. The van der Waals surface area contributed by atoms with Crippen LogP contribution in [0.3, 0.4) is 0 Å². The third-order valence-electron chi connectivity index (χ3n) is 2.92. The monoisotopic (exact) mass is 334 g/mol. The number of nitriles is 2. The van der Waals surface area contributed by atoms with Crippen molar-refractivity contribution in [2.45, 2.75) is 0 Å². The fraction of sp³-hybridized carbons (Fsp3) is 0.529. The summed E-state index contributed by atoms with van der Waals surface area (Å²) in [5.74, 6) is 0.393. The lowest BCUT2D eigenvalue weighted by atomic mass is 10.1. The van der Waals surface area contributed by atoms with E-state index in [0.717, 1.165) is 0 Å². The molecular weight excluding hydrogens is 312 g/mol. The highest BCUT2D eigenvalue weighted by molar-refractivity contribution is 5.53. The maximum Gasteiger partial charge on any atom is 0.138 e. The molecule has 24 heavy (non-hydrogen) atoms. The lowest BCUT2D eigenvalue weighted by Gasteiger charge is -2.09. The summed E-state index contributed by atoms with van der Waals surface area (Å²) in [5.41, 5.74) is 0.550. The van der Waals surface area contributed by atoms with Crippen molar-refractivity contribution in [3.05, 3.63) is 29.3 Å². The second-order valence-corrected chi connectivity index (χ2v) is 4.58. The first-order valence-electron chi connectivity index (χ1n) is 7.61. The molecule has 0 saturated heterocycles. The van der Waals surface area contributed by atoms with Crippen molar-refractivity contribution >= 4 is 0 Å². The Morgan fingerprint density at radius 2 is 1.38 bits per heavy atom. The summed E-state index contributed by atoms with van der Waals surface area (Å²) in [6, 6.07) is 8.87. The smallest absolute Gasteiger partial charge is 0.138 e. The molecule has 0 unspecified atom stereocenters. The van der Waals surface area contributed by atoms with Crippen LogP contribution in [0.25, 0.3) is 0 Å². The lowest BCUT2D eigenvalue weighted by molar-refractivity contribution is 0.000154. The van der Waals surface area contributed by atoms with Gasteiger partial charge in [-0.15, -0.1) is 0 Å². The van der Waals surface area contributed by atoms with Gasteiger partial charge in [0.05, 0.1) is 51.8 Å². The third kappa shape index (κ3) is 7.91. The molecule has 0 spiro atoms. The summed E-state index contributed by atoms with van der Waals surface area (Å²) in [6.45, 7) is 3.76. The standard InChI is InChI=1S/C17H22N2O5/c1-20-5-6-21-7-8-22-9-10-23-11-12-24-17-4-2-3-15(13-18)16(17)14-19/h2-4H,5-12H2,1H3. The predicted molar refractivity (Wildman–Crippen MR) is 85.7 cm³/mol. The van der Waals surface area contributed by atoms with Gasteiger partial charge in [0.25, 0.3) is 0 Å². The van der Waals surface area contributed by atoms with Gasteiger partial charge in [0, 0.05) is 7.11 Å². The summed E-state index contributed by atoms with van der Waals surface area (Å²) in [6.07, 6.45) is 0. The van der Waals surface area contributed by atoms with Gasteiger partial charge in [-0.2, -0.15) is 10.5 Å². The minimum absolute atomic E-state index is 0.247. The van der Waals surface area contributed by atoms with Crippen molar-refractivity contribution in [3.63, 3.8) is 0 Å².